The summed E-state index contributed by atoms with van der Waals surface area (Å²) in [6, 6.07) is 28.9. The van der Waals surface area contributed by atoms with E-state index in [1.807, 2.05) is 36.4 Å². The van der Waals surface area contributed by atoms with Crippen LogP contribution in [0.15, 0.2) is 84.9 Å². The Morgan fingerprint density at radius 3 is 1.18 bits per heavy atom. The van der Waals surface area contributed by atoms with Gasteiger partial charge in [0.15, 0.2) is 0 Å². The van der Waals surface area contributed by atoms with Crippen LogP contribution in [0.25, 0.3) is 0 Å². The Labute approximate surface area is 301 Å². The smallest absolute Gasteiger partial charge is 0.130 e. The van der Waals surface area contributed by atoms with Gasteiger partial charge in [-0.1, -0.05) is 60.7 Å². The van der Waals surface area contributed by atoms with E-state index >= 15 is 0 Å². The Kier molecular flexibility index (Phi) is 12.2. The highest BCUT2D eigenvalue weighted by Gasteiger charge is 2.39. The minimum atomic E-state index is -0.117. The fourth-order valence-electron chi connectivity index (χ4n) is 7.34. The monoisotopic (exact) mass is 698 g/mol. The van der Waals surface area contributed by atoms with E-state index in [2.05, 4.69) is 58.3 Å². The Bertz CT molecular complexity index is 1530. The maximum Gasteiger partial charge on any atom is 0.130 e. The van der Waals surface area contributed by atoms with Crippen LogP contribution in [-0.4, -0.2) is 78.1 Å². The topological polar surface area (TPSA) is 80.3 Å². The maximum atomic E-state index is 6.58. The molecular weight excluding hydrogens is 648 g/mol. The van der Waals surface area contributed by atoms with Gasteiger partial charge in [0, 0.05) is 37.4 Å². The lowest BCUT2D eigenvalue weighted by atomic mass is 10.0. The molecule has 2 aliphatic rings. The largest absolute Gasteiger partial charge is 0.496 e. The lowest BCUT2D eigenvalue weighted by molar-refractivity contribution is -0.00372. The van der Waals surface area contributed by atoms with Gasteiger partial charge in [-0.3, -0.25) is 9.80 Å². The molecule has 0 amide bonds. The SMILES string of the molecule is COc1cc(OC)c(CN2C(CCCC3OC[C@@H](c4ccccc4)N3Cc3c(OC)cc(OC)cc3OC)OC[C@@H]2c2ccccc2)c(OC)c1. The first kappa shape index (κ1) is 36.3. The molecule has 2 unspecified atom stereocenters. The third-order valence-corrected chi connectivity index (χ3v) is 10.0. The summed E-state index contributed by atoms with van der Waals surface area (Å²) in [6.45, 7) is 2.35. The zero-order chi connectivity index (χ0) is 35.7. The van der Waals surface area contributed by atoms with Crippen molar-refractivity contribution in [3.8, 4) is 34.5 Å². The molecule has 2 heterocycles. The molecule has 2 saturated heterocycles. The molecule has 2 fully saturated rings. The summed E-state index contributed by atoms with van der Waals surface area (Å²) in [4.78, 5) is 4.85. The first-order chi connectivity index (χ1) is 25.0. The molecular formula is C41H50N2O8. The molecule has 0 radical (unpaired) electrons. The average Bonchev–Trinajstić information content (AvgIpc) is 3.78. The molecule has 0 bridgehead atoms. The predicted octanol–water partition coefficient (Wildman–Crippen LogP) is 7.41. The molecule has 0 aliphatic carbocycles. The van der Waals surface area contributed by atoms with E-state index < -0.39 is 0 Å². The van der Waals surface area contributed by atoms with Crippen LogP contribution in [-0.2, 0) is 22.6 Å². The molecule has 10 heteroatoms. The van der Waals surface area contributed by atoms with Crippen molar-refractivity contribution in [2.45, 2.75) is 56.9 Å². The third kappa shape index (κ3) is 8.05. The van der Waals surface area contributed by atoms with E-state index in [0.29, 0.717) is 37.8 Å². The van der Waals surface area contributed by atoms with Gasteiger partial charge in [0.1, 0.15) is 47.0 Å². The van der Waals surface area contributed by atoms with E-state index in [-0.39, 0.29) is 24.5 Å². The van der Waals surface area contributed by atoms with Gasteiger partial charge in [0.25, 0.3) is 0 Å². The number of hydrogen-bond donors (Lipinski definition) is 0. The van der Waals surface area contributed by atoms with Crippen molar-refractivity contribution in [3.63, 3.8) is 0 Å². The quantitative estimate of drug-likeness (QED) is 0.118. The van der Waals surface area contributed by atoms with E-state index in [0.717, 1.165) is 53.4 Å². The van der Waals surface area contributed by atoms with Crippen molar-refractivity contribution >= 4 is 0 Å². The van der Waals surface area contributed by atoms with Crippen molar-refractivity contribution in [2.24, 2.45) is 0 Å². The van der Waals surface area contributed by atoms with Crippen molar-refractivity contribution in [3.05, 3.63) is 107 Å². The maximum absolute atomic E-state index is 6.58. The second kappa shape index (κ2) is 17.2. The van der Waals surface area contributed by atoms with Gasteiger partial charge in [-0.05, 0) is 30.4 Å². The summed E-state index contributed by atoms with van der Waals surface area (Å²) in [6.07, 6.45) is 2.30. The van der Waals surface area contributed by atoms with Gasteiger partial charge in [-0.15, -0.1) is 0 Å². The highest BCUT2D eigenvalue weighted by Crippen LogP contribution is 2.42. The summed E-state index contributed by atoms with van der Waals surface area (Å²) >= 11 is 0. The van der Waals surface area contributed by atoms with Crippen LogP contribution in [0.2, 0.25) is 0 Å². The van der Waals surface area contributed by atoms with Gasteiger partial charge < -0.3 is 37.9 Å². The fraction of sp³-hybridized carbons (Fsp3) is 0.415. The molecule has 4 atom stereocenters. The summed E-state index contributed by atoms with van der Waals surface area (Å²) in [5.74, 6) is 4.23. The first-order valence-corrected chi connectivity index (χ1v) is 17.4. The minimum Gasteiger partial charge on any atom is -0.496 e. The van der Waals surface area contributed by atoms with E-state index in [1.54, 1.807) is 42.7 Å². The van der Waals surface area contributed by atoms with Crippen LogP contribution < -0.4 is 28.4 Å². The normalized spacial score (nSPS) is 20.7. The number of nitrogens with zero attached hydrogens (tertiary/aromatic N) is 2. The van der Waals surface area contributed by atoms with E-state index in [9.17, 15) is 0 Å². The Balaban J connectivity index is 1.24. The molecule has 4 aromatic carbocycles. The van der Waals surface area contributed by atoms with Gasteiger partial charge >= 0.3 is 0 Å². The molecule has 0 N–H and O–H groups in total. The first-order valence-electron chi connectivity index (χ1n) is 17.4. The molecule has 0 saturated carbocycles. The number of benzene rings is 4. The number of rotatable bonds is 16. The molecule has 2 aliphatic heterocycles. The van der Waals surface area contributed by atoms with Crippen LogP contribution >= 0.6 is 0 Å². The molecule has 4 aromatic rings. The van der Waals surface area contributed by atoms with Crippen molar-refractivity contribution in [1.82, 2.24) is 9.80 Å². The second-order valence-corrected chi connectivity index (χ2v) is 12.7. The van der Waals surface area contributed by atoms with Gasteiger partial charge in [0.2, 0.25) is 0 Å². The summed E-state index contributed by atoms with van der Waals surface area (Å²) in [5, 5.41) is 0. The molecule has 51 heavy (non-hydrogen) atoms. The Hall–Kier alpha value is -4.48. The van der Waals surface area contributed by atoms with Crippen LogP contribution in [0.4, 0.5) is 0 Å². The summed E-state index contributed by atoms with van der Waals surface area (Å²) in [5.41, 5.74) is 4.33. The molecule has 10 nitrogen and oxygen atoms in total. The van der Waals surface area contributed by atoms with Crippen molar-refractivity contribution < 1.29 is 37.9 Å². The number of hydrogen-bond acceptors (Lipinski definition) is 10. The summed E-state index contributed by atoms with van der Waals surface area (Å²) in [7, 11) is 10.00. The van der Waals surface area contributed by atoms with Gasteiger partial charge in [0.05, 0.1) is 79.1 Å². The Morgan fingerprint density at radius 1 is 0.510 bits per heavy atom. The lowest BCUT2D eigenvalue weighted by Gasteiger charge is -2.31. The molecule has 0 spiro atoms. The zero-order valence-electron chi connectivity index (χ0n) is 30.5. The average molecular weight is 699 g/mol. The van der Waals surface area contributed by atoms with E-state index in [4.69, 9.17) is 37.9 Å². The third-order valence-electron chi connectivity index (χ3n) is 10.0. The zero-order valence-corrected chi connectivity index (χ0v) is 30.5. The van der Waals surface area contributed by atoms with Gasteiger partial charge in [-0.2, -0.15) is 0 Å². The molecule has 0 aromatic heterocycles. The molecule has 272 valence electrons. The van der Waals surface area contributed by atoms with E-state index in [1.165, 1.54) is 11.1 Å². The number of methoxy groups -OCH3 is 6. The fourth-order valence-corrected chi connectivity index (χ4v) is 7.34. The standard InChI is InChI=1S/C41H50N2O8/c1-44-30-20-36(46-3)32(37(21-30)47-4)24-42-34(28-14-9-7-10-15-28)26-50-40(42)18-13-19-41-43(35(27-51-41)29-16-11-8-12-17-29)25-33-38(48-5)22-31(45-2)23-39(33)49-6/h7-12,14-17,20-23,34-35,40-41H,13,18-19,24-27H2,1-6H3/t34-,35+,40?,41?. The predicted molar refractivity (Wildman–Crippen MR) is 195 cm³/mol. The van der Waals surface area contributed by atoms with Crippen molar-refractivity contribution in [1.29, 1.82) is 0 Å². The minimum absolute atomic E-state index is 0.0735. The lowest BCUT2D eigenvalue weighted by Crippen LogP contribution is -2.34. The van der Waals surface area contributed by atoms with Crippen LogP contribution in [0.1, 0.15) is 53.6 Å². The summed E-state index contributed by atoms with van der Waals surface area (Å²) < 4.78 is 47.6. The van der Waals surface area contributed by atoms with Crippen LogP contribution in [0.3, 0.4) is 0 Å². The van der Waals surface area contributed by atoms with Crippen LogP contribution in [0.5, 0.6) is 34.5 Å². The van der Waals surface area contributed by atoms with Gasteiger partial charge in [-0.25, -0.2) is 0 Å². The highest BCUT2D eigenvalue weighted by molar-refractivity contribution is 5.52. The number of ether oxygens (including phenoxy) is 8. The second-order valence-electron chi connectivity index (χ2n) is 12.7. The molecule has 6 rings (SSSR count). The Morgan fingerprint density at radius 2 is 0.863 bits per heavy atom. The van der Waals surface area contributed by atoms with Crippen LogP contribution in [0, 0.1) is 0 Å². The van der Waals surface area contributed by atoms with Crippen molar-refractivity contribution in [2.75, 3.05) is 55.9 Å². The highest BCUT2D eigenvalue weighted by atomic mass is 16.5.